The highest BCUT2D eigenvalue weighted by Crippen LogP contribution is 2.35. The van der Waals surface area contributed by atoms with Crippen LogP contribution in [-0.4, -0.2) is 28.6 Å². The number of Topliss-reactive ketones (excluding diaryl/α,β-unsaturated/α-hetero) is 1. The van der Waals surface area contributed by atoms with Gasteiger partial charge in [0.05, 0.1) is 0 Å². The molecule has 0 fully saturated rings. The Morgan fingerprint density at radius 3 is 2.40 bits per heavy atom. The zero-order valence-corrected chi connectivity index (χ0v) is 11.8. The summed E-state index contributed by atoms with van der Waals surface area (Å²) >= 11 is 3.01. The van der Waals surface area contributed by atoms with Crippen molar-refractivity contribution in [2.45, 2.75) is 24.5 Å². The van der Waals surface area contributed by atoms with Gasteiger partial charge in [0, 0.05) is 5.56 Å². The molecule has 0 bridgehead atoms. The third-order valence-electron chi connectivity index (χ3n) is 2.43. The number of aliphatic hydroxyl groups excluding tert-OH is 1. The number of rotatable bonds is 6. The number of benzene rings is 1. The number of halogens is 3. The third kappa shape index (κ3) is 3.97. The van der Waals surface area contributed by atoms with Crippen LogP contribution in [0.1, 0.15) is 29.0 Å². The summed E-state index contributed by atoms with van der Waals surface area (Å²) in [5, 5.41) is 18.1. The number of ether oxygens (including phenoxy) is 1. The molecule has 2 atom stereocenters. The van der Waals surface area contributed by atoms with Crippen molar-refractivity contribution in [1.82, 2.24) is 0 Å². The molecule has 0 saturated heterocycles. The topological polar surface area (TPSA) is 83.8 Å². The molecule has 110 valence electrons. The molecular formula is C12H11BrF2O5. The molecule has 2 N–H and O–H groups in total. The molecule has 0 spiro atoms. The number of hydrogen-bond acceptors (Lipinski definition) is 4. The standard InChI is InChI=1S/C12H11BrF2O5/c1-5(16)9(13)7-4-6(10(17)11(18)19)2-3-8(7)20-12(14)15/h2-4,9-10,12,17H,1H3,(H,18,19). The molecule has 1 aromatic carbocycles. The summed E-state index contributed by atoms with van der Waals surface area (Å²) in [6.45, 7) is -1.86. The Labute approximate surface area is 121 Å². The molecule has 1 rings (SSSR count). The van der Waals surface area contributed by atoms with Gasteiger partial charge in [-0.05, 0) is 24.6 Å². The lowest BCUT2D eigenvalue weighted by atomic mass is 10.0. The second-order valence-corrected chi connectivity index (χ2v) is 4.81. The van der Waals surface area contributed by atoms with E-state index in [9.17, 15) is 23.5 Å². The van der Waals surface area contributed by atoms with E-state index in [-0.39, 0.29) is 22.7 Å². The predicted octanol–water partition coefficient (Wildman–Crippen LogP) is 2.43. The Kier molecular flexibility index (Phi) is 5.58. The maximum Gasteiger partial charge on any atom is 0.387 e. The van der Waals surface area contributed by atoms with Gasteiger partial charge in [0.15, 0.2) is 6.10 Å². The van der Waals surface area contributed by atoms with Crippen molar-refractivity contribution in [2.75, 3.05) is 0 Å². The lowest BCUT2D eigenvalue weighted by molar-refractivity contribution is -0.147. The minimum Gasteiger partial charge on any atom is -0.479 e. The molecule has 0 aliphatic heterocycles. The van der Waals surface area contributed by atoms with E-state index in [1.807, 2.05) is 0 Å². The van der Waals surface area contributed by atoms with Gasteiger partial charge in [0.25, 0.3) is 0 Å². The molecular weight excluding hydrogens is 342 g/mol. The van der Waals surface area contributed by atoms with Crippen molar-refractivity contribution >= 4 is 27.7 Å². The first-order chi connectivity index (χ1) is 9.23. The van der Waals surface area contributed by atoms with Gasteiger partial charge in [-0.2, -0.15) is 8.78 Å². The minimum atomic E-state index is -3.09. The number of carbonyl (C=O) groups is 2. The molecule has 0 aromatic heterocycles. The van der Waals surface area contributed by atoms with E-state index in [1.54, 1.807) is 0 Å². The predicted molar refractivity (Wildman–Crippen MR) is 68.0 cm³/mol. The average Bonchev–Trinajstić information content (AvgIpc) is 2.36. The van der Waals surface area contributed by atoms with E-state index in [4.69, 9.17) is 5.11 Å². The Morgan fingerprint density at radius 2 is 1.95 bits per heavy atom. The molecule has 0 aliphatic carbocycles. The van der Waals surface area contributed by atoms with Gasteiger partial charge in [-0.25, -0.2) is 4.79 Å². The first kappa shape index (κ1) is 16.5. The number of aliphatic carboxylic acids is 1. The van der Waals surface area contributed by atoms with E-state index in [1.165, 1.54) is 6.92 Å². The summed E-state index contributed by atoms with van der Waals surface area (Å²) in [4.78, 5) is 21.1. The lowest BCUT2D eigenvalue weighted by Crippen LogP contribution is -2.13. The zero-order chi connectivity index (χ0) is 15.4. The number of aliphatic hydroxyl groups is 1. The van der Waals surface area contributed by atoms with E-state index >= 15 is 0 Å². The maximum absolute atomic E-state index is 12.3. The Hall–Kier alpha value is -1.54. The summed E-state index contributed by atoms with van der Waals surface area (Å²) in [6.07, 6.45) is -1.82. The minimum absolute atomic E-state index is 0.0237. The van der Waals surface area contributed by atoms with Crippen molar-refractivity contribution in [3.8, 4) is 5.75 Å². The van der Waals surface area contributed by atoms with E-state index < -0.39 is 23.5 Å². The number of carbonyl (C=O) groups excluding carboxylic acids is 1. The van der Waals surface area contributed by atoms with Crippen molar-refractivity contribution in [3.63, 3.8) is 0 Å². The number of ketones is 1. The molecule has 0 saturated carbocycles. The van der Waals surface area contributed by atoms with Gasteiger partial charge < -0.3 is 14.9 Å². The Morgan fingerprint density at radius 1 is 1.35 bits per heavy atom. The van der Waals surface area contributed by atoms with Crippen LogP contribution in [-0.2, 0) is 9.59 Å². The zero-order valence-electron chi connectivity index (χ0n) is 10.2. The molecule has 8 heteroatoms. The van der Waals surface area contributed by atoms with Crippen LogP contribution >= 0.6 is 15.9 Å². The fraction of sp³-hybridized carbons (Fsp3) is 0.333. The average molecular weight is 353 g/mol. The summed E-state index contributed by atoms with van der Waals surface area (Å²) in [7, 11) is 0. The van der Waals surface area contributed by atoms with Crippen LogP contribution in [0.4, 0.5) is 8.78 Å². The van der Waals surface area contributed by atoms with E-state index in [0.29, 0.717) is 0 Å². The summed E-state index contributed by atoms with van der Waals surface area (Å²) in [5.74, 6) is -2.14. The quantitative estimate of drug-likeness (QED) is 0.768. The SMILES string of the molecule is CC(=O)C(Br)c1cc(C(O)C(=O)O)ccc1OC(F)F. The van der Waals surface area contributed by atoms with Crippen molar-refractivity contribution in [3.05, 3.63) is 29.3 Å². The molecule has 0 aliphatic rings. The van der Waals surface area contributed by atoms with Crippen LogP contribution in [0.5, 0.6) is 5.75 Å². The number of alkyl halides is 3. The smallest absolute Gasteiger partial charge is 0.387 e. The first-order valence-electron chi connectivity index (χ1n) is 5.38. The highest BCUT2D eigenvalue weighted by atomic mass is 79.9. The van der Waals surface area contributed by atoms with Gasteiger partial charge in [-0.1, -0.05) is 22.0 Å². The Bertz CT molecular complexity index is 521. The largest absolute Gasteiger partial charge is 0.479 e. The monoisotopic (exact) mass is 352 g/mol. The molecule has 1 aromatic rings. The number of hydrogen-bond donors (Lipinski definition) is 2. The highest BCUT2D eigenvalue weighted by molar-refractivity contribution is 9.09. The van der Waals surface area contributed by atoms with Crippen LogP contribution in [0.15, 0.2) is 18.2 Å². The Balaban J connectivity index is 3.27. The van der Waals surface area contributed by atoms with Crippen molar-refractivity contribution in [1.29, 1.82) is 0 Å². The number of carboxylic acid groups (broad SMARTS) is 1. The van der Waals surface area contributed by atoms with Crippen LogP contribution in [0.2, 0.25) is 0 Å². The van der Waals surface area contributed by atoms with Gasteiger partial charge in [0.2, 0.25) is 0 Å². The molecule has 0 amide bonds. The molecule has 5 nitrogen and oxygen atoms in total. The lowest BCUT2D eigenvalue weighted by Gasteiger charge is -2.16. The molecule has 20 heavy (non-hydrogen) atoms. The second-order valence-electron chi connectivity index (χ2n) is 3.89. The summed E-state index contributed by atoms with van der Waals surface area (Å²) in [6, 6.07) is 3.36. The summed E-state index contributed by atoms with van der Waals surface area (Å²) in [5.41, 5.74) is -0.0181. The van der Waals surface area contributed by atoms with Crippen molar-refractivity contribution < 1.29 is 33.3 Å². The van der Waals surface area contributed by atoms with Gasteiger partial charge in [-0.3, -0.25) is 4.79 Å². The maximum atomic E-state index is 12.3. The van der Waals surface area contributed by atoms with Crippen LogP contribution < -0.4 is 4.74 Å². The fourth-order valence-corrected chi connectivity index (χ4v) is 1.86. The second kappa shape index (κ2) is 6.76. The fourth-order valence-electron chi connectivity index (χ4n) is 1.50. The normalized spacial score (nSPS) is 13.9. The first-order valence-corrected chi connectivity index (χ1v) is 6.29. The summed E-state index contributed by atoms with van der Waals surface area (Å²) < 4.78 is 28.8. The highest BCUT2D eigenvalue weighted by Gasteiger charge is 2.23. The van der Waals surface area contributed by atoms with Gasteiger partial charge in [-0.15, -0.1) is 0 Å². The number of carboxylic acids is 1. The van der Waals surface area contributed by atoms with E-state index in [2.05, 4.69) is 20.7 Å². The van der Waals surface area contributed by atoms with Crippen LogP contribution in [0, 0.1) is 0 Å². The van der Waals surface area contributed by atoms with Crippen LogP contribution in [0.3, 0.4) is 0 Å². The van der Waals surface area contributed by atoms with Gasteiger partial charge in [0.1, 0.15) is 16.4 Å². The van der Waals surface area contributed by atoms with Gasteiger partial charge >= 0.3 is 12.6 Å². The molecule has 0 radical (unpaired) electrons. The third-order valence-corrected chi connectivity index (χ3v) is 3.57. The van der Waals surface area contributed by atoms with Crippen LogP contribution in [0.25, 0.3) is 0 Å². The van der Waals surface area contributed by atoms with E-state index in [0.717, 1.165) is 18.2 Å². The van der Waals surface area contributed by atoms with Crippen molar-refractivity contribution in [2.24, 2.45) is 0 Å². The molecule has 0 heterocycles. The molecule has 2 unspecified atom stereocenters.